The van der Waals surface area contributed by atoms with Crippen LogP contribution < -0.4 is 14.8 Å². The molecule has 0 fully saturated rings. The van der Waals surface area contributed by atoms with Gasteiger partial charge < -0.3 is 14.8 Å². The number of carbonyl (C=O) groups is 1. The number of methoxy groups -OCH3 is 2. The van der Waals surface area contributed by atoms with Crippen molar-refractivity contribution in [3.05, 3.63) is 57.6 Å². The Kier molecular flexibility index (Phi) is 5.91. The van der Waals surface area contributed by atoms with Gasteiger partial charge in [-0.25, -0.2) is 0 Å². The number of benzene rings is 2. The maximum Gasteiger partial charge on any atom is 0.256 e. The van der Waals surface area contributed by atoms with Crippen LogP contribution in [0.4, 0.5) is 0 Å². The van der Waals surface area contributed by atoms with Gasteiger partial charge in [0.05, 0.1) is 35.9 Å². The van der Waals surface area contributed by atoms with E-state index in [4.69, 9.17) is 32.7 Å². The summed E-state index contributed by atoms with van der Waals surface area (Å²) < 4.78 is 10.4. The molecule has 7 heteroatoms. The minimum Gasteiger partial charge on any atom is -0.493 e. The second kappa shape index (κ2) is 7.91. The van der Waals surface area contributed by atoms with Gasteiger partial charge in [0.1, 0.15) is 6.04 Å². The van der Waals surface area contributed by atoms with E-state index in [9.17, 15) is 10.1 Å². The summed E-state index contributed by atoms with van der Waals surface area (Å²) in [6, 6.07) is 10.8. The van der Waals surface area contributed by atoms with Crippen molar-refractivity contribution in [3.63, 3.8) is 0 Å². The van der Waals surface area contributed by atoms with Crippen molar-refractivity contribution in [1.82, 2.24) is 5.32 Å². The number of carbonyl (C=O) groups excluding carboxylic acids is 1. The number of nitriles is 1. The maximum absolute atomic E-state index is 12.6. The van der Waals surface area contributed by atoms with Crippen LogP contribution in [0.1, 0.15) is 22.0 Å². The van der Waals surface area contributed by atoms with E-state index in [1.165, 1.54) is 14.2 Å². The molecule has 0 aliphatic rings. The van der Waals surface area contributed by atoms with Gasteiger partial charge in [0.2, 0.25) is 0 Å². The summed E-state index contributed by atoms with van der Waals surface area (Å²) in [6.45, 7) is 0. The van der Waals surface area contributed by atoms with E-state index in [0.717, 1.165) is 0 Å². The molecule has 24 heavy (non-hydrogen) atoms. The van der Waals surface area contributed by atoms with Crippen LogP contribution in [0, 0.1) is 11.3 Å². The van der Waals surface area contributed by atoms with Gasteiger partial charge in [0, 0.05) is 5.56 Å². The molecule has 0 saturated carbocycles. The molecular weight excluding hydrogens is 351 g/mol. The van der Waals surface area contributed by atoms with Crippen LogP contribution >= 0.6 is 23.2 Å². The average molecular weight is 365 g/mol. The van der Waals surface area contributed by atoms with E-state index < -0.39 is 11.9 Å². The molecule has 0 saturated heterocycles. The molecule has 0 aromatic heterocycles. The molecule has 0 aliphatic heterocycles. The van der Waals surface area contributed by atoms with E-state index in [1.807, 2.05) is 6.07 Å². The van der Waals surface area contributed by atoms with Crippen molar-refractivity contribution < 1.29 is 14.3 Å². The smallest absolute Gasteiger partial charge is 0.256 e. The third-order valence-electron chi connectivity index (χ3n) is 3.34. The Hall–Kier alpha value is -2.42. The second-order valence-electron chi connectivity index (χ2n) is 4.72. The zero-order valence-corrected chi connectivity index (χ0v) is 14.5. The van der Waals surface area contributed by atoms with Gasteiger partial charge in [-0.05, 0) is 18.2 Å². The molecule has 0 aliphatic carbocycles. The van der Waals surface area contributed by atoms with Gasteiger partial charge in [-0.1, -0.05) is 41.4 Å². The van der Waals surface area contributed by atoms with E-state index in [-0.39, 0.29) is 16.3 Å². The normalized spacial score (nSPS) is 11.3. The monoisotopic (exact) mass is 364 g/mol. The SMILES string of the molecule is COc1cccc(C(=O)NC(C#N)c2cccc(Cl)c2Cl)c1OC. The standard InChI is InChI=1S/C17H14Cl2N2O3/c1-23-14-8-4-6-11(16(14)24-2)17(22)21-13(9-20)10-5-3-7-12(18)15(10)19/h3-8,13H,1-2H3,(H,21,22). The molecule has 2 rings (SSSR count). The van der Waals surface area contributed by atoms with Crippen molar-refractivity contribution in [2.24, 2.45) is 0 Å². The number of ether oxygens (including phenoxy) is 2. The Bertz CT molecular complexity index is 803. The van der Waals surface area contributed by atoms with E-state index >= 15 is 0 Å². The molecule has 1 unspecified atom stereocenters. The third kappa shape index (κ3) is 3.56. The van der Waals surface area contributed by atoms with Crippen LogP contribution in [0.3, 0.4) is 0 Å². The summed E-state index contributed by atoms with van der Waals surface area (Å²) in [6.07, 6.45) is 0. The Morgan fingerprint density at radius 3 is 2.50 bits per heavy atom. The van der Waals surface area contributed by atoms with Crippen molar-refractivity contribution in [2.45, 2.75) is 6.04 Å². The first-order valence-corrected chi connectivity index (χ1v) is 7.64. The minimum atomic E-state index is -0.959. The molecule has 1 N–H and O–H groups in total. The summed E-state index contributed by atoms with van der Waals surface area (Å²) in [5.41, 5.74) is 0.664. The van der Waals surface area contributed by atoms with Crippen LogP contribution in [0.15, 0.2) is 36.4 Å². The molecule has 0 heterocycles. The number of nitrogens with one attached hydrogen (secondary N) is 1. The highest BCUT2D eigenvalue weighted by atomic mass is 35.5. The number of hydrogen-bond acceptors (Lipinski definition) is 4. The van der Waals surface area contributed by atoms with Crippen LogP contribution in [0.25, 0.3) is 0 Å². The number of amides is 1. The minimum absolute atomic E-state index is 0.226. The molecule has 5 nitrogen and oxygen atoms in total. The van der Waals surface area contributed by atoms with Crippen molar-refractivity contribution in [2.75, 3.05) is 14.2 Å². The van der Waals surface area contributed by atoms with E-state index in [1.54, 1.807) is 36.4 Å². The Balaban J connectivity index is 2.35. The number of halogens is 2. The molecule has 0 radical (unpaired) electrons. The van der Waals surface area contributed by atoms with Gasteiger partial charge in [0.15, 0.2) is 11.5 Å². The zero-order chi connectivity index (χ0) is 17.7. The molecule has 2 aromatic carbocycles. The Morgan fingerprint density at radius 2 is 1.88 bits per heavy atom. The van der Waals surface area contributed by atoms with Crippen LogP contribution in [-0.2, 0) is 0 Å². The average Bonchev–Trinajstić information content (AvgIpc) is 2.61. The lowest BCUT2D eigenvalue weighted by molar-refractivity contribution is 0.0941. The van der Waals surface area contributed by atoms with Crippen LogP contribution in [0.5, 0.6) is 11.5 Å². The summed E-state index contributed by atoms with van der Waals surface area (Å²) >= 11 is 12.1. The van der Waals surface area contributed by atoms with Crippen LogP contribution in [-0.4, -0.2) is 20.1 Å². The highest BCUT2D eigenvalue weighted by Gasteiger charge is 2.22. The first-order valence-electron chi connectivity index (χ1n) is 6.88. The number of nitrogens with zero attached hydrogens (tertiary/aromatic N) is 1. The van der Waals surface area contributed by atoms with Gasteiger partial charge in [-0.3, -0.25) is 4.79 Å². The predicted octanol–water partition coefficient (Wildman–Crippen LogP) is 4.01. The quantitative estimate of drug-likeness (QED) is 0.869. The zero-order valence-electron chi connectivity index (χ0n) is 13.0. The lowest BCUT2D eigenvalue weighted by Gasteiger charge is -2.16. The first kappa shape index (κ1) is 17.9. The van der Waals surface area contributed by atoms with Gasteiger partial charge in [-0.2, -0.15) is 5.26 Å². The number of para-hydroxylation sites is 1. The van der Waals surface area contributed by atoms with Crippen LogP contribution in [0.2, 0.25) is 10.0 Å². The summed E-state index contributed by atoms with van der Waals surface area (Å²) in [7, 11) is 2.91. The van der Waals surface area contributed by atoms with E-state index in [2.05, 4.69) is 5.32 Å². The summed E-state index contributed by atoms with van der Waals surface area (Å²) in [5, 5.41) is 12.5. The largest absolute Gasteiger partial charge is 0.493 e. The lowest BCUT2D eigenvalue weighted by atomic mass is 10.1. The molecule has 2 aromatic rings. The highest BCUT2D eigenvalue weighted by molar-refractivity contribution is 6.42. The summed E-state index contributed by atoms with van der Waals surface area (Å²) in [5.74, 6) is 0.208. The number of hydrogen-bond donors (Lipinski definition) is 1. The topological polar surface area (TPSA) is 71.3 Å². The van der Waals surface area contributed by atoms with Crippen molar-refractivity contribution >= 4 is 29.1 Å². The molecule has 0 bridgehead atoms. The Morgan fingerprint density at radius 1 is 1.17 bits per heavy atom. The predicted molar refractivity (Wildman–Crippen MR) is 91.8 cm³/mol. The van der Waals surface area contributed by atoms with Gasteiger partial charge >= 0.3 is 0 Å². The fourth-order valence-corrected chi connectivity index (χ4v) is 2.61. The molecule has 1 amide bonds. The molecule has 124 valence electrons. The highest BCUT2D eigenvalue weighted by Crippen LogP contribution is 2.32. The second-order valence-corrected chi connectivity index (χ2v) is 5.50. The first-order chi connectivity index (χ1) is 11.5. The third-order valence-corrected chi connectivity index (χ3v) is 4.18. The summed E-state index contributed by atoms with van der Waals surface area (Å²) in [4.78, 5) is 12.6. The van der Waals surface area contributed by atoms with E-state index in [0.29, 0.717) is 16.3 Å². The van der Waals surface area contributed by atoms with Crippen molar-refractivity contribution in [1.29, 1.82) is 5.26 Å². The number of rotatable bonds is 5. The molecule has 1 atom stereocenters. The molecule has 0 spiro atoms. The van der Waals surface area contributed by atoms with Gasteiger partial charge in [0.25, 0.3) is 5.91 Å². The Labute approximate surface area is 149 Å². The fourth-order valence-electron chi connectivity index (χ4n) is 2.20. The van der Waals surface area contributed by atoms with Gasteiger partial charge in [-0.15, -0.1) is 0 Å². The lowest BCUT2D eigenvalue weighted by Crippen LogP contribution is -2.28. The van der Waals surface area contributed by atoms with Crippen molar-refractivity contribution in [3.8, 4) is 17.6 Å². The fraction of sp³-hybridized carbons (Fsp3) is 0.176. The molecular formula is C17H14Cl2N2O3. The maximum atomic E-state index is 12.6.